The minimum absolute atomic E-state index is 0.152. The number of halogens is 1. The van der Waals surface area contributed by atoms with Crippen LogP contribution in [0.25, 0.3) is 0 Å². The van der Waals surface area contributed by atoms with Gasteiger partial charge in [0.25, 0.3) is 5.91 Å². The average molecular weight is 316 g/mol. The molecule has 0 aromatic heterocycles. The summed E-state index contributed by atoms with van der Waals surface area (Å²) in [5.74, 6) is -1.20. The van der Waals surface area contributed by atoms with Crippen LogP contribution in [0.15, 0.2) is 17.0 Å². The first kappa shape index (κ1) is 17.6. The summed E-state index contributed by atoms with van der Waals surface area (Å²) in [6, 6.07) is 1.84. The monoisotopic (exact) mass is 316 g/mol. The SMILES string of the molecule is CCC(C)C(C)NC(=O)c1cc(S(N)(=O)=O)c(C)cc1F. The van der Waals surface area contributed by atoms with Gasteiger partial charge in [0, 0.05) is 6.04 Å². The minimum atomic E-state index is -4.00. The number of carbonyl (C=O) groups excluding carboxylic acids is 1. The smallest absolute Gasteiger partial charge is 0.254 e. The van der Waals surface area contributed by atoms with Gasteiger partial charge in [0.05, 0.1) is 10.5 Å². The van der Waals surface area contributed by atoms with Gasteiger partial charge < -0.3 is 5.32 Å². The van der Waals surface area contributed by atoms with Crippen LogP contribution in [0.2, 0.25) is 0 Å². The molecule has 0 aliphatic rings. The zero-order valence-corrected chi connectivity index (χ0v) is 13.4. The van der Waals surface area contributed by atoms with E-state index in [9.17, 15) is 17.6 Å². The Hall–Kier alpha value is -1.47. The van der Waals surface area contributed by atoms with Gasteiger partial charge >= 0.3 is 0 Å². The molecule has 2 unspecified atom stereocenters. The molecule has 1 aromatic rings. The van der Waals surface area contributed by atoms with Gasteiger partial charge in [0.2, 0.25) is 10.0 Å². The van der Waals surface area contributed by atoms with Crippen LogP contribution in [-0.2, 0) is 10.0 Å². The third-order valence-electron chi connectivity index (χ3n) is 3.67. The highest BCUT2D eigenvalue weighted by atomic mass is 32.2. The molecule has 5 nitrogen and oxygen atoms in total. The van der Waals surface area contributed by atoms with Crippen LogP contribution >= 0.6 is 0 Å². The number of rotatable bonds is 5. The summed E-state index contributed by atoms with van der Waals surface area (Å²) in [6.07, 6.45) is 0.861. The lowest BCUT2D eigenvalue weighted by atomic mass is 10.0. The average Bonchev–Trinajstić information content (AvgIpc) is 2.35. The second kappa shape index (κ2) is 6.53. The Kier molecular flexibility index (Phi) is 5.47. The molecular formula is C14H21FN2O3S. The zero-order valence-electron chi connectivity index (χ0n) is 12.6. The molecule has 118 valence electrons. The lowest BCUT2D eigenvalue weighted by molar-refractivity contribution is 0.0924. The first-order chi connectivity index (χ1) is 9.57. The molecule has 0 radical (unpaired) electrons. The summed E-state index contributed by atoms with van der Waals surface area (Å²) >= 11 is 0. The van der Waals surface area contributed by atoms with Gasteiger partial charge in [-0.25, -0.2) is 17.9 Å². The zero-order chi connectivity index (χ0) is 16.4. The maximum atomic E-state index is 13.9. The van der Waals surface area contributed by atoms with E-state index in [0.29, 0.717) is 0 Å². The number of sulfonamides is 1. The van der Waals surface area contributed by atoms with Gasteiger partial charge in [0.15, 0.2) is 0 Å². The molecule has 2 atom stereocenters. The van der Waals surface area contributed by atoms with Crippen molar-refractivity contribution in [3.63, 3.8) is 0 Å². The Morgan fingerprint density at radius 3 is 2.43 bits per heavy atom. The lowest BCUT2D eigenvalue weighted by Crippen LogP contribution is -2.37. The summed E-state index contributed by atoms with van der Waals surface area (Å²) in [7, 11) is -4.00. The largest absolute Gasteiger partial charge is 0.349 e. The summed E-state index contributed by atoms with van der Waals surface area (Å²) in [6.45, 7) is 7.19. The molecule has 0 aliphatic heterocycles. The van der Waals surface area contributed by atoms with E-state index >= 15 is 0 Å². The number of aryl methyl sites for hydroxylation is 1. The van der Waals surface area contributed by atoms with Crippen molar-refractivity contribution in [2.24, 2.45) is 11.1 Å². The number of amides is 1. The van der Waals surface area contributed by atoms with Crippen LogP contribution < -0.4 is 10.5 Å². The topological polar surface area (TPSA) is 89.3 Å². The maximum absolute atomic E-state index is 13.9. The van der Waals surface area contributed by atoms with E-state index in [-0.39, 0.29) is 28.0 Å². The van der Waals surface area contributed by atoms with E-state index in [1.165, 1.54) is 6.92 Å². The van der Waals surface area contributed by atoms with Crippen LogP contribution in [0.3, 0.4) is 0 Å². The summed E-state index contributed by atoms with van der Waals surface area (Å²) in [4.78, 5) is 11.9. The van der Waals surface area contributed by atoms with Crippen molar-refractivity contribution in [2.45, 2.75) is 45.1 Å². The molecule has 1 rings (SSSR count). The van der Waals surface area contributed by atoms with Crippen LogP contribution in [0, 0.1) is 18.7 Å². The van der Waals surface area contributed by atoms with Gasteiger partial charge in [-0.2, -0.15) is 0 Å². The van der Waals surface area contributed by atoms with E-state index in [4.69, 9.17) is 5.14 Å². The van der Waals surface area contributed by atoms with Gasteiger partial charge in [-0.15, -0.1) is 0 Å². The van der Waals surface area contributed by atoms with Crippen molar-refractivity contribution < 1.29 is 17.6 Å². The van der Waals surface area contributed by atoms with Crippen molar-refractivity contribution in [3.05, 3.63) is 29.1 Å². The highest BCUT2D eigenvalue weighted by Gasteiger charge is 2.21. The van der Waals surface area contributed by atoms with Crippen molar-refractivity contribution in [3.8, 4) is 0 Å². The van der Waals surface area contributed by atoms with Gasteiger partial charge in [0.1, 0.15) is 5.82 Å². The van der Waals surface area contributed by atoms with Crippen LogP contribution in [0.4, 0.5) is 4.39 Å². The lowest BCUT2D eigenvalue weighted by Gasteiger charge is -2.20. The predicted octanol–water partition coefficient (Wildman–Crippen LogP) is 1.95. The number of nitrogens with one attached hydrogen (secondary N) is 1. The summed E-state index contributed by atoms with van der Waals surface area (Å²) < 4.78 is 36.8. The third-order valence-corrected chi connectivity index (χ3v) is 4.72. The van der Waals surface area contributed by atoms with Crippen LogP contribution in [0.5, 0.6) is 0 Å². The van der Waals surface area contributed by atoms with Crippen molar-refractivity contribution in [1.29, 1.82) is 0 Å². The number of nitrogens with two attached hydrogens (primary N) is 1. The fraction of sp³-hybridized carbons (Fsp3) is 0.500. The minimum Gasteiger partial charge on any atom is -0.349 e. The first-order valence-electron chi connectivity index (χ1n) is 6.71. The molecule has 21 heavy (non-hydrogen) atoms. The molecule has 3 N–H and O–H groups in total. The quantitative estimate of drug-likeness (QED) is 0.870. The summed E-state index contributed by atoms with van der Waals surface area (Å²) in [5.41, 5.74) is -0.152. The fourth-order valence-corrected chi connectivity index (χ4v) is 2.70. The van der Waals surface area contributed by atoms with Gasteiger partial charge in [-0.3, -0.25) is 4.79 Å². The Bertz CT molecular complexity index is 644. The molecule has 0 heterocycles. The van der Waals surface area contributed by atoms with Crippen molar-refractivity contribution in [1.82, 2.24) is 5.32 Å². The molecule has 1 amide bonds. The Labute approximate surface area is 124 Å². The fourth-order valence-electron chi connectivity index (χ4n) is 1.91. The number of hydrogen-bond donors (Lipinski definition) is 2. The summed E-state index contributed by atoms with van der Waals surface area (Å²) in [5, 5.41) is 7.74. The maximum Gasteiger partial charge on any atom is 0.254 e. The number of benzene rings is 1. The molecule has 1 aromatic carbocycles. The van der Waals surface area contributed by atoms with Crippen LogP contribution in [-0.4, -0.2) is 20.4 Å². The molecule has 0 saturated carbocycles. The Morgan fingerprint density at radius 1 is 1.38 bits per heavy atom. The van der Waals surface area contributed by atoms with E-state index < -0.39 is 21.7 Å². The number of carbonyl (C=O) groups is 1. The van der Waals surface area contributed by atoms with Gasteiger partial charge in [-0.1, -0.05) is 20.3 Å². The molecule has 0 bridgehead atoms. The number of primary sulfonamides is 1. The Balaban J connectivity index is 3.16. The molecule has 0 saturated heterocycles. The highest BCUT2D eigenvalue weighted by molar-refractivity contribution is 7.89. The second-order valence-electron chi connectivity index (χ2n) is 5.29. The highest BCUT2D eigenvalue weighted by Crippen LogP contribution is 2.19. The Morgan fingerprint density at radius 2 is 1.95 bits per heavy atom. The molecule has 0 fully saturated rings. The van der Waals surface area contributed by atoms with E-state index in [1.807, 2.05) is 20.8 Å². The van der Waals surface area contributed by atoms with E-state index in [2.05, 4.69) is 5.32 Å². The standard InChI is InChI=1S/C14H21FN2O3S/c1-5-8(2)10(4)17-14(18)11-7-13(21(16,19)20)9(3)6-12(11)15/h6-8,10H,5H2,1-4H3,(H,17,18)(H2,16,19,20). The normalized spacial score (nSPS) is 14.6. The first-order valence-corrected chi connectivity index (χ1v) is 8.26. The van der Waals surface area contributed by atoms with Crippen molar-refractivity contribution >= 4 is 15.9 Å². The van der Waals surface area contributed by atoms with E-state index in [0.717, 1.165) is 18.6 Å². The van der Waals surface area contributed by atoms with Crippen LogP contribution in [0.1, 0.15) is 43.1 Å². The number of hydrogen-bond acceptors (Lipinski definition) is 3. The third kappa shape index (κ3) is 4.25. The van der Waals surface area contributed by atoms with E-state index in [1.54, 1.807) is 0 Å². The molecule has 0 aliphatic carbocycles. The predicted molar refractivity (Wildman–Crippen MR) is 78.9 cm³/mol. The molecular weight excluding hydrogens is 295 g/mol. The molecule has 0 spiro atoms. The van der Waals surface area contributed by atoms with Crippen molar-refractivity contribution in [2.75, 3.05) is 0 Å². The van der Waals surface area contributed by atoms with Gasteiger partial charge in [-0.05, 0) is 37.5 Å². The molecule has 7 heteroatoms. The second-order valence-corrected chi connectivity index (χ2v) is 6.82.